The maximum Gasteiger partial charge on any atom is 0.409 e. The standard InChI is InChI=1S/C21H22N4O5/c1-27-20-14(11-22)9-15(12-23-20)25-7-8-29-19-4-3-16(10-18(19)25)30-17-5-6-24(13-17)21(26)28-2/h3-4,9-10,12,17H,5-8,13H2,1-2H3. The van der Waals surface area contributed by atoms with Gasteiger partial charge in [0.15, 0.2) is 0 Å². The van der Waals surface area contributed by atoms with Gasteiger partial charge in [-0.1, -0.05) is 0 Å². The van der Waals surface area contributed by atoms with Crippen molar-refractivity contribution < 1.29 is 23.7 Å². The summed E-state index contributed by atoms with van der Waals surface area (Å²) in [5.74, 6) is 1.71. The molecule has 0 saturated carbocycles. The van der Waals surface area contributed by atoms with Crippen molar-refractivity contribution in [3.8, 4) is 23.4 Å². The molecule has 1 aromatic carbocycles. The number of ether oxygens (including phenoxy) is 4. The average Bonchev–Trinajstić information content (AvgIpc) is 3.26. The first-order valence-corrected chi connectivity index (χ1v) is 9.61. The summed E-state index contributed by atoms with van der Waals surface area (Å²) in [6.45, 7) is 2.20. The molecule has 0 spiro atoms. The number of anilines is 2. The molecule has 1 unspecified atom stereocenters. The van der Waals surface area contributed by atoms with E-state index in [0.29, 0.717) is 43.4 Å². The number of methoxy groups -OCH3 is 2. The molecular weight excluding hydrogens is 388 g/mol. The Morgan fingerprint density at radius 3 is 2.93 bits per heavy atom. The predicted molar refractivity (Wildman–Crippen MR) is 107 cm³/mol. The first-order chi connectivity index (χ1) is 14.6. The van der Waals surface area contributed by atoms with Crippen molar-refractivity contribution in [2.24, 2.45) is 0 Å². The molecule has 1 aromatic heterocycles. The average molecular weight is 410 g/mol. The third-order valence-electron chi connectivity index (χ3n) is 5.14. The number of hydrogen-bond acceptors (Lipinski definition) is 8. The lowest BCUT2D eigenvalue weighted by Gasteiger charge is -2.31. The minimum Gasteiger partial charge on any atom is -0.490 e. The van der Waals surface area contributed by atoms with Crippen LogP contribution in [0.3, 0.4) is 0 Å². The monoisotopic (exact) mass is 410 g/mol. The van der Waals surface area contributed by atoms with E-state index in [9.17, 15) is 10.1 Å². The van der Waals surface area contributed by atoms with Crippen LogP contribution in [0.1, 0.15) is 12.0 Å². The molecule has 1 saturated heterocycles. The van der Waals surface area contributed by atoms with E-state index >= 15 is 0 Å². The second kappa shape index (κ2) is 8.37. The first-order valence-electron chi connectivity index (χ1n) is 9.61. The number of nitriles is 1. The number of rotatable bonds is 4. The van der Waals surface area contributed by atoms with Gasteiger partial charge < -0.3 is 28.7 Å². The summed E-state index contributed by atoms with van der Waals surface area (Å²) in [4.78, 5) is 19.6. The van der Waals surface area contributed by atoms with Crippen molar-refractivity contribution in [3.63, 3.8) is 0 Å². The third-order valence-corrected chi connectivity index (χ3v) is 5.14. The van der Waals surface area contributed by atoms with Crippen molar-refractivity contribution in [1.82, 2.24) is 9.88 Å². The number of carbonyl (C=O) groups is 1. The van der Waals surface area contributed by atoms with Crippen molar-refractivity contribution >= 4 is 17.5 Å². The van der Waals surface area contributed by atoms with E-state index < -0.39 is 0 Å². The number of hydrogen-bond donors (Lipinski definition) is 0. The van der Waals surface area contributed by atoms with E-state index in [4.69, 9.17) is 18.9 Å². The van der Waals surface area contributed by atoms with E-state index in [1.807, 2.05) is 23.1 Å². The minimum atomic E-state index is -0.341. The van der Waals surface area contributed by atoms with Gasteiger partial charge in [-0.2, -0.15) is 5.26 Å². The van der Waals surface area contributed by atoms with Crippen LogP contribution in [-0.4, -0.2) is 62.5 Å². The molecule has 9 heteroatoms. The van der Waals surface area contributed by atoms with Gasteiger partial charge in [-0.15, -0.1) is 0 Å². The Bertz CT molecular complexity index is 990. The van der Waals surface area contributed by atoms with Gasteiger partial charge in [0.25, 0.3) is 0 Å². The zero-order chi connectivity index (χ0) is 21.1. The molecule has 156 valence electrons. The predicted octanol–water partition coefficient (Wildman–Crippen LogP) is 2.71. The van der Waals surface area contributed by atoms with Crippen molar-refractivity contribution in [3.05, 3.63) is 36.0 Å². The fraction of sp³-hybridized carbons (Fsp3) is 0.381. The number of benzene rings is 1. The molecule has 1 fully saturated rings. The van der Waals surface area contributed by atoms with Gasteiger partial charge in [0.2, 0.25) is 5.88 Å². The smallest absolute Gasteiger partial charge is 0.409 e. The molecule has 0 bridgehead atoms. The molecule has 3 heterocycles. The Labute approximate surface area is 174 Å². The van der Waals surface area contributed by atoms with Gasteiger partial charge in [0.05, 0.1) is 44.9 Å². The Kier molecular flexibility index (Phi) is 5.48. The summed E-state index contributed by atoms with van der Waals surface area (Å²) >= 11 is 0. The number of fused-ring (bicyclic) bond motifs is 1. The molecule has 2 aromatic rings. The molecular formula is C21H22N4O5. The summed E-state index contributed by atoms with van der Waals surface area (Å²) < 4.78 is 21.8. The Hall–Kier alpha value is -3.67. The molecule has 4 rings (SSSR count). The van der Waals surface area contributed by atoms with Gasteiger partial charge in [0.1, 0.15) is 35.8 Å². The Morgan fingerprint density at radius 1 is 1.30 bits per heavy atom. The quantitative estimate of drug-likeness (QED) is 0.759. The zero-order valence-electron chi connectivity index (χ0n) is 16.8. The topological polar surface area (TPSA) is 97.1 Å². The number of amides is 1. The highest BCUT2D eigenvalue weighted by Crippen LogP contribution is 2.40. The van der Waals surface area contributed by atoms with Gasteiger partial charge in [-0.3, -0.25) is 0 Å². The molecule has 0 N–H and O–H groups in total. The van der Waals surface area contributed by atoms with Gasteiger partial charge in [-0.25, -0.2) is 9.78 Å². The lowest BCUT2D eigenvalue weighted by Crippen LogP contribution is -2.31. The van der Waals surface area contributed by atoms with Crippen LogP contribution in [0.25, 0.3) is 0 Å². The number of likely N-dealkylation sites (tertiary alicyclic amines) is 1. The molecule has 1 amide bonds. The Balaban J connectivity index is 1.57. The SMILES string of the molecule is COC(=O)N1CCC(Oc2ccc3c(c2)N(c2cnc(OC)c(C#N)c2)CCO3)C1. The van der Waals surface area contributed by atoms with E-state index in [1.54, 1.807) is 17.2 Å². The lowest BCUT2D eigenvalue weighted by molar-refractivity contribution is 0.125. The molecule has 2 aliphatic rings. The number of pyridine rings is 1. The van der Waals surface area contributed by atoms with Crippen LogP contribution in [0.15, 0.2) is 30.5 Å². The van der Waals surface area contributed by atoms with Crippen LogP contribution in [0.5, 0.6) is 17.4 Å². The summed E-state index contributed by atoms with van der Waals surface area (Å²) in [6.07, 6.45) is 1.97. The van der Waals surface area contributed by atoms with E-state index in [1.165, 1.54) is 14.2 Å². The van der Waals surface area contributed by atoms with E-state index in [-0.39, 0.29) is 12.2 Å². The zero-order valence-corrected chi connectivity index (χ0v) is 16.8. The molecule has 30 heavy (non-hydrogen) atoms. The molecule has 0 aliphatic carbocycles. The van der Waals surface area contributed by atoms with Crippen molar-refractivity contribution in [1.29, 1.82) is 5.26 Å². The van der Waals surface area contributed by atoms with Crippen LogP contribution in [0, 0.1) is 11.3 Å². The number of nitrogens with zero attached hydrogens (tertiary/aromatic N) is 4. The highest BCUT2D eigenvalue weighted by molar-refractivity contribution is 5.72. The second-order valence-electron chi connectivity index (χ2n) is 6.94. The maximum absolute atomic E-state index is 11.7. The summed E-state index contributed by atoms with van der Waals surface area (Å²) in [5.41, 5.74) is 1.97. The molecule has 2 aliphatic heterocycles. The largest absolute Gasteiger partial charge is 0.490 e. The van der Waals surface area contributed by atoms with E-state index in [0.717, 1.165) is 23.5 Å². The fourth-order valence-electron chi connectivity index (χ4n) is 3.68. The molecule has 9 nitrogen and oxygen atoms in total. The molecule has 1 atom stereocenters. The van der Waals surface area contributed by atoms with Crippen molar-refractivity contribution in [2.75, 3.05) is 45.4 Å². The fourth-order valence-corrected chi connectivity index (χ4v) is 3.68. The van der Waals surface area contributed by atoms with Crippen LogP contribution < -0.4 is 19.1 Å². The third kappa shape index (κ3) is 3.76. The van der Waals surface area contributed by atoms with Crippen LogP contribution in [0.2, 0.25) is 0 Å². The lowest BCUT2D eigenvalue weighted by atomic mass is 10.2. The van der Waals surface area contributed by atoms with Crippen LogP contribution in [0.4, 0.5) is 16.2 Å². The summed E-state index contributed by atoms with van der Waals surface area (Å²) in [6, 6.07) is 9.50. The van der Waals surface area contributed by atoms with Gasteiger partial charge in [0, 0.05) is 19.0 Å². The van der Waals surface area contributed by atoms with Crippen LogP contribution >= 0.6 is 0 Å². The first kappa shape index (κ1) is 19.6. The summed E-state index contributed by atoms with van der Waals surface area (Å²) in [5, 5.41) is 9.38. The van der Waals surface area contributed by atoms with E-state index in [2.05, 4.69) is 11.1 Å². The normalized spacial score (nSPS) is 17.6. The number of carbonyl (C=O) groups excluding carboxylic acids is 1. The van der Waals surface area contributed by atoms with Gasteiger partial charge >= 0.3 is 6.09 Å². The summed E-state index contributed by atoms with van der Waals surface area (Å²) in [7, 11) is 2.86. The Morgan fingerprint density at radius 2 is 2.17 bits per heavy atom. The van der Waals surface area contributed by atoms with Crippen LogP contribution in [-0.2, 0) is 4.74 Å². The maximum atomic E-state index is 11.7. The van der Waals surface area contributed by atoms with Crippen molar-refractivity contribution in [2.45, 2.75) is 12.5 Å². The molecule has 0 radical (unpaired) electrons. The highest BCUT2D eigenvalue weighted by atomic mass is 16.5. The van der Waals surface area contributed by atoms with Gasteiger partial charge in [-0.05, 0) is 18.2 Å². The number of aromatic nitrogens is 1. The highest BCUT2D eigenvalue weighted by Gasteiger charge is 2.29. The second-order valence-corrected chi connectivity index (χ2v) is 6.94. The minimum absolute atomic E-state index is 0.104.